The maximum atomic E-state index is 11.7. The van der Waals surface area contributed by atoms with E-state index in [0.29, 0.717) is 30.2 Å². The van der Waals surface area contributed by atoms with Crippen LogP contribution in [0.5, 0.6) is 5.75 Å². The van der Waals surface area contributed by atoms with E-state index in [1.165, 1.54) is 5.06 Å². The van der Waals surface area contributed by atoms with E-state index in [0.717, 1.165) is 11.4 Å². The van der Waals surface area contributed by atoms with Crippen LogP contribution >= 0.6 is 0 Å². The molecule has 11 nitrogen and oxygen atoms in total. The van der Waals surface area contributed by atoms with Gasteiger partial charge in [0.05, 0.1) is 38.1 Å². The number of ether oxygens (including phenoxy) is 2. The molecule has 3 heterocycles. The highest BCUT2D eigenvalue weighted by atomic mass is 16.8. The van der Waals surface area contributed by atoms with Crippen LogP contribution in [0.15, 0.2) is 30.5 Å². The number of hydrogen-bond acceptors (Lipinski definition) is 10. The molecule has 1 N–H and O–H groups in total. The molecule has 158 valence electrons. The summed E-state index contributed by atoms with van der Waals surface area (Å²) in [4.78, 5) is 25.7. The largest absolute Gasteiger partial charge is 0.528 e. The standard InChI is InChI=1S/C19H23N7O4/c1-19(2,3)29-18(27)30-25-10-12(11-25)21-17-20-9-15-16(22-17)26(24-23-15)13-5-7-14(28-4)8-6-13/h5-9,12H,10-11H2,1-4H3,(H,20,21,22). The van der Waals surface area contributed by atoms with Crippen molar-refractivity contribution in [2.75, 3.05) is 25.5 Å². The summed E-state index contributed by atoms with van der Waals surface area (Å²) in [5, 5.41) is 13.0. The molecule has 0 aliphatic carbocycles. The summed E-state index contributed by atoms with van der Waals surface area (Å²) in [5.74, 6) is 1.20. The highest BCUT2D eigenvalue weighted by Gasteiger charge is 2.32. The Bertz CT molecular complexity index is 1040. The van der Waals surface area contributed by atoms with Crippen molar-refractivity contribution in [1.82, 2.24) is 30.0 Å². The van der Waals surface area contributed by atoms with Gasteiger partial charge in [-0.25, -0.2) is 9.78 Å². The van der Waals surface area contributed by atoms with E-state index < -0.39 is 11.8 Å². The Hall–Kier alpha value is -3.47. The Kier molecular flexibility index (Phi) is 5.12. The van der Waals surface area contributed by atoms with Crippen LogP contribution in [0.25, 0.3) is 16.9 Å². The van der Waals surface area contributed by atoms with Crippen molar-refractivity contribution >= 4 is 23.3 Å². The van der Waals surface area contributed by atoms with Crippen LogP contribution in [0.3, 0.4) is 0 Å². The zero-order valence-corrected chi connectivity index (χ0v) is 17.2. The number of carbonyl (C=O) groups is 1. The lowest BCUT2D eigenvalue weighted by atomic mass is 10.2. The minimum Gasteiger partial charge on any atom is -0.497 e. The van der Waals surface area contributed by atoms with Gasteiger partial charge < -0.3 is 19.6 Å². The lowest BCUT2D eigenvalue weighted by Gasteiger charge is -2.37. The molecule has 2 aromatic heterocycles. The smallest absolute Gasteiger partial charge is 0.497 e. The molecule has 0 amide bonds. The van der Waals surface area contributed by atoms with Gasteiger partial charge in [-0.05, 0) is 45.0 Å². The number of benzene rings is 1. The van der Waals surface area contributed by atoms with Gasteiger partial charge in [0, 0.05) is 0 Å². The van der Waals surface area contributed by atoms with Crippen LogP contribution in [0.2, 0.25) is 0 Å². The average Bonchev–Trinajstić information content (AvgIpc) is 3.08. The Labute approximate surface area is 172 Å². The van der Waals surface area contributed by atoms with Crippen molar-refractivity contribution in [3.63, 3.8) is 0 Å². The van der Waals surface area contributed by atoms with Gasteiger partial charge in [0.25, 0.3) is 0 Å². The lowest BCUT2D eigenvalue weighted by molar-refractivity contribution is -0.178. The third-order valence-electron chi connectivity index (χ3n) is 4.28. The summed E-state index contributed by atoms with van der Waals surface area (Å²) < 4.78 is 12.0. The van der Waals surface area contributed by atoms with Crippen molar-refractivity contribution in [2.24, 2.45) is 0 Å². The molecule has 30 heavy (non-hydrogen) atoms. The van der Waals surface area contributed by atoms with E-state index in [4.69, 9.17) is 14.3 Å². The third kappa shape index (κ3) is 4.40. The predicted molar refractivity (Wildman–Crippen MR) is 107 cm³/mol. The molecule has 11 heteroatoms. The highest BCUT2D eigenvalue weighted by Crippen LogP contribution is 2.20. The van der Waals surface area contributed by atoms with E-state index in [1.807, 2.05) is 24.3 Å². The molecule has 0 unspecified atom stereocenters. The molecule has 0 radical (unpaired) electrons. The molecule has 0 spiro atoms. The molecular formula is C19H23N7O4. The van der Waals surface area contributed by atoms with Crippen LogP contribution < -0.4 is 10.1 Å². The fourth-order valence-corrected chi connectivity index (χ4v) is 2.86. The summed E-state index contributed by atoms with van der Waals surface area (Å²) in [7, 11) is 1.62. The Morgan fingerprint density at radius 3 is 2.60 bits per heavy atom. The first-order valence-corrected chi connectivity index (χ1v) is 9.46. The fourth-order valence-electron chi connectivity index (χ4n) is 2.86. The molecule has 1 aliphatic rings. The molecule has 0 saturated carbocycles. The number of hydrogen-bond donors (Lipinski definition) is 1. The Balaban J connectivity index is 1.39. The van der Waals surface area contributed by atoms with Gasteiger partial charge >= 0.3 is 6.16 Å². The zero-order valence-electron chi connectivity index (χ0n) is 17.2. The topological polar surface area (TPSA) is 117 Å². The second kappa shape index (κ2) is 7.75. The highest BCUT2D eigenvalue weighted by molar-refractivity contribution is 5.72. The van der Waals surface area contributed by atoms with Gasteiger partial charge in [0.2, 0.25) is 5.95 Å². The van der Waals surface area contributed by atoms with Gasteiger partial charge in [-0.15, -0.1) is 10.2 Å². The van der Waals surface area contributed by atoms with Crippen molar-refractivity contribution in [3.8, 4) is 11.4 Å². The van der Waals surface area contributed by atoms with Gasteiger partial charge in [0.15, 0.2) is 11.2 Å². The van der Waals surface area contributed by atoms with Crippen LogP contribution in [-0.4, -0.2) is 68.0 Å². The van der Waals surface area contributed by atoms with Gasteiger partial charge in [-0.3, -0.25) is 0 Å². The average molecular weight is 413 g/mol. The van der Waals surface area contributed by atoms with E-state index in [2.05, 4.69) is 25.6 Å². The van der Waals surface area contributed by atoms with Crippen molar-refractivity contribution < 1.29 is 19.1 Å². The van der Waals surface area contributed by atoms with Crippen molar-refractivity contribution in [3.05, 3.63) is 30.5 Å². The molecule has 1 fully saturated rings. The number of rotatable bonds is 5. The van der Waals surface area contributed by atoms with E-state index in [1.54, 1.807) is 38.8 Å². The van der Waals surface area contributed by atoms with Gasteiger partial charge in [0.1, 0.15) is 11.4 Å². The van der Waals surface area contributed by atoms with Crippen molar-refractivity contribution in [1.29, 1.82) is 0 Å². The first-order valence-electron chi connectivity index (χ1n) is 9.46. The first-order chi connectivity index (χ1) is 14.3. The van der Waals surface area contributed by atoms with E-state index in [9.17, 15) is 4.79 Å². The number of methoxy groups -OCH3 is 1. The molecule has 1 aliphatic heterocycles. The SMILES string of the molecule is COc1ccc(-n2nnc3cnc(NC4CN(OC(=O)OC(C)(C)C)C4)nc32)cc1. The monoisotopic (exact) mass is 413 g/mol. The van der Waals surface area contributed by atoms with Crippen LogP contribution in [-0.2, 0) is 9.57 Å². The summed E-state index contributed by atoms with van der Waals surface area (Å²) in [6.07, 6.45) is 0.902. The quantitative estimate of drug-likeness (QED) is 0.624. The molecule has 0 atom stereocenters. The molecule has 0 bridgehead atoms. The first kappa shape index (κ1) is 19.8. The minimum absolute atomic E-state index is 0.0372. The third-order valence-corrected chi connectivity index (χ3v) is 4.28. The maximum absolute atomic E-state index is 11.7. The summed E-state index contributed by atoms with van der Waals surface area (Å²) in [6.45, 7) is 6.35. The number of nitrogens with zero attached hydrogens (tertiary/aromatic N) is 6. The molecule has 1 aromatic carbocycles. The summed E-state index contributed by atoms with van der Waals surface area (Å²) in [5.41, 5.74) is 1.38. The van der Waals surface area contributed by atoms with Crippen molar-refractivity contribution in [2.45, 2.75) is 32.4 Å². The number of fused-ring (bicyclic) bond motifs is 1. The minimum atomic E-state index is -0.715. The summed E-state index contributed by atoms with van der Waals surface area (Å²) >= 11 is 0. The van der Waals surface area contributed by atoms with E-state index in [-0.39, 0.29) is 6.04 Å². The maximum Gasteiger partial charge on any atom is 0.528 e. The molecule has 4 rings (SSSR count). The normalized spacial score (nSPS) is 14.9. The predicted octanol–water partition coefficient (Wildman–Crippen LogP) is 2.18. The fraction of sp³-hybridized carbons (Fsp3) is 0.421. The lowest BCUT2D eigenvalue weighted by Crippen LogP contribution is -2.55. The van der Waals surface area contributed by atoms with Crippen LogP contribution in [0.1, 0.15) is 20.8 Å². The number of aromatic nitrogens is 5. The number of anilines is 1. The van der Waals surface area contributed by atoms with Gasteiger partial charge in [-0.1, -0.05) is 5.21 Å². The number of hydroxylamine groups is 2. The van der Waals surface area contributed by atoms with Crippen LogP contribution in [0, 0.1) is 0 Å². The van der Waals surface area contributed by atoms with Gasteiger partial charge in [-0.2, -0.15) is 9.67 Å². The molecule has 3 aromatic rings. The Morgan fingerprint density at radius 1 is 1.20 bits per heavy atom. The second-order valence-corrected chi connectivity index (χ2v) is 7.85. The molecular weight excluding hydrogens is 390 g/mol. The number of carbonyl (C=O) groups excluding carboxylic acids is 1. The second-order valence-electron chi connectivity index (χ2n) is 7.85. The van der Waals surface area contributed by atoms with E-state index >= 15 is 0 Å². The molecule has 1 saturated heterocycles. The Morgan fingerprint density at radius 2 is 1.93 bits per heavy atom. The number of nitrogens with one attached hydrogen (secondary N) is 1. The van der Waals surface area contributed by atoms with Crippen LogP contribution in [0.4, 0.5) is 10.7 Å². The zero-order chi connectivity index (χ0) is 21.3. The summed E-state index contributed by atoms with van der Waals surface area (Å²) in [6, 6.07) is 7.48.